The molecule has 0 aliphatic heterocycles. The number of anilines is 2. The van der Waals surface area contributed by atoms with Crippen LogP contribution in [0.25, 0.3) is 0 Å². The maximum atomic E-state index is 12.6. The van der Waals surface area contributed by atoms with Gasteiger partial charge in [-0.25, -0.2) is 4.79 Å². The van der Waals surface area contributed by atoms with Crippen LogP contribution in [0.1, 0.15) is 48.0 Å². The number of thiophene rings is 1. The van der Waals surface area contributed by atoms with Gasteiger partial charge in [-0.15, -0.1) is 11.3 Å². The molecule has 7 heteroatoms. The molecule has 1 atom stereocenters. The van der Waals surface area contributed by atoms with Gasteiger partial charge in [-0.1, -0.05) is 19.1 Å². The average molecular weight is 417 g/mol. The maximum Gasteiger partial charge on any atom is 0.341 e. The first-order valence-electron chi connectivity index (χ1n) is 10.1. The fraction of sp³-hybridized carbons (Fsp3) is 0.455. The van der Waals surface area contributed by atoms with E-state index in [-0.39, 0.29) is 18.4 Å². The molecule has 0 saturated heterocycles. The zero-order valence-corrected chi connectivity index (χ0v) is 18.0. The third-order valence-corrected chi connectivity index (χ3v) is 6.04. The number of nitrogens with one attached hydrogen (secondary N) is 2. The van der Waals surface area contributed by atoms with Crippen molar-refractivity contribution in [3.05, 3.63) is 40.3 Å². The summed E-state index contributed by atoms with van der Waals surface area (Å²) in [5.41, 5.74) is 2.33. The van der Waals surface area contributed by atoms with Crippen molar-refractivity contribution in [1.29, 1.82) is 0 Å². The number of carbonyl (C=O) groups excluding carboxylic acids is 2. The van der Waals surface area contributed by atoms with E-state index in [0.29, 0.717) is 35.4 Å². The first-order chi connectivity index (χ1) is 14.0. The van der Waals surface area contributed by atoms with Crippen molar-refractivity contribution in [2.24, 2.45) is 5.92 Å². The van der Waals surface area contributed by atoms with Crippen LogP contribution < -0.4 is 15.4 Å². The molecule has 2 N–H and O–H groups in total. The Kier molecular flexibility index (Phi) is 7.14. The summed E-state index contributed by atoms with van der Waals surface area (Å²) in [4.78, 5) is 26.3. The molecule has 0 spiro atoms. The number of amides is 1. The van der Waals surface area contributed by atoms with Crippen LogP contribution in [0.3, 0.4) is 0 Å². The highest BCUT2D eigenvalue weighted by molar-refractivity contribution is 7.17. The number of carbonyl (C=O) groups is 2. The number of hydrogen-bond donors (Lipinski definition) is 2. The van der Waals surface area contributed by atoms with Gasteiger partial charge in [-0.05, 0) is 56.7 Å². The molecular weight excluding hydrogens is 388 g/mol. The Hall–Kier alpha value is -2.54. The molecule has 1 aliphatic rings. The lowest BCUT2D eigenvalue weighted by Gasteiger charge is -2.18. The zero-order chi connectivity index (χ0) is 20.8. The number of esters is 1. The molecular formula is C22H28N2O4S. The molecule has 0 fully saturated rings. The van der Waals surface area contributed by atoms with E-state index in [2.05, 4.69) is 17.6 Å². The Morgan fingerprint density at radius 3 is 2.76 bits per heavy atom. The van der Waals surface area contributed by atoms with Crippen molar-refractivity contribution in [2.45, 2.75) is 40.0 Å². The van der Waals surface area contributed by atoms with Crippen LogP contribution in [0.2, 0.25) is 0 Å². The summed E-state index contributed by atoms with van der Waals surface area (Å²) < 4.78 is 10.8. The summed E-state index contributed by atoms with van der Waals surface area (Å²) in [6.07, 6.45) is 2.82. The van der Waals surface area contributed by atoms with Gasteiger partial charge < -0.3 is 20.1 Å². The van der Waals surface area contributed by atoms with Crippen LogP contribution in [0, 0.1) is 5.92 Å². The molecule has 6 nitrogen and oxygen atoms in total. The Morgan fingerprint density at radius 1 is 1.21 bits per heavy atom. The Balaban J connectivity index is 1.74. The molecule has 1 heterocycles. The first-order valence-corrected chi connectivity index (χ1v) is 10.9. The number of rotatable bonds is 8. The highest BCUT2D eigenvalue weighted by Crippen LogP contribution is 2.40. The SMILES string of the molecule is CCOC(=O)c1c(NC(=O)CNc2ccccc2OCC)sc2c1CCC(C)C2. The number of hydrogen-bond acceptors (Lipinski definition) is 6. The van der Waals surface area contributed by atoms with Crippen LogP contribution in [-0.2, 0) is 22.4 Å². The van der Waals surface area contributed by atoms with Crippen LogP contribution in [0.4, 0.5) is 10.7 Å². The number of benzene rings is 1. The third-order valence-electron chi connectivity index (χ3n) is 4.87. The van der Waals surface area contributed by atoms with Gasteiger partial charge in [0.05, 0.1) is 31.0 Å². The lowest BCUT2D eigenvalue weighted by Crippen LogP contribution is -2.23. The topological polar surface area (TPSA) is 76.7 Å². The van der Waals surface area contributed by atoms with Gasteiger partial charge in [0, 0.05) is 4.88 Å². The minimum atomic E-state index is -0.357. The lowest BCUT2D eigenvalue weighted by atomic mass is 9.88. The summed E-state index contributed by atoms with van der Waals surface area (Å²) in [5, 5.41) is 6.62. The predicted octanol–water partition coefficient (Wildman–Crippen LogP) is 4.50. The van der Waals surface area contributed by atoms with Gasteiger partial charge in [0.2, 0.25) is 5.91 Å². The highest BCUT2D eigenvalue weighted by atomic mass is 32.1. The van der Waals surface area contributed by atoms with E-state index in [1.54, 1.807) is 6.92 Å². The Bertz CT molecular complexity index is 878. The minimum absolute atomic E-state index is 0.0747. The smallest absolute Gasteiger partial charge is 0.341 e. The number of ether oxygens (including phenoxy) is 2. The molecule has 0 saturated carbocycles. The average Bonchev–Trinajstić information content (AvgIpc) is 3.04. The predicted molar refractivity (Wildman–Crippen MR) is 116 cm³/mol. The van der Waals surface area contributed by atoms with E-state index in [9.17, 15) is 9.59 Å². The monoisotopic (exact) mass is 416 g/mol. The van der Waals surface area contributed by atoms with Crippen molar-refractivity contribution in [1.82, 2.24) is 0 Å². The van der Waals surface area contributed by atoms with Gasteiger partial charge in [-0.3, -0.25) is 4.79 Å². The standard InChI is InChI=1S/C22H28N2O4S/c1-4-27-17-9-7-6-8-16(17)23-13-19(25)24-21-20(22(26)28-5-2)15-11-10-14(3)12-18(15)29-21/h6-9,14,23H,4-5,10-13H2,1-3H3,(H,24,25). The van der Waals surface area contributed by atoms with E-state index >= 15 is 0 Å². The first kappa shape index (κ1) is 21.2. The largest absolute Gasteiger partial charge is 0.492 e. The summed E-state index contributed by atoms with van der Waals surface area (Å²) in [7, 11) is 0. The molecule has 29 heavy (non-hydrogen) atoms. The van der Waals surface area contributed by atoms with Crippen molar-refractivity contribution in [3.63, 3.8) is 0 Å². The molecule has 156 valence electrons. The molecule has 1 aromatic heterocycles. The van der Waals surface area contributed by atoms with E-state index in [1.165, 1.54) is 16.2 Å². The van der Waals surface area contributed by atoms with Gasteiger partial charge >= 0.3 is 5.97 Å². The van der Waals surface area contributed by atoms with Crippen LogP contribution in [0.5, 0.6) is 5.75 Å². The second-order valence-electron chi connectivity index (χ2n) is 7.11. The number of fused-ring (bicyclic) bond motifs is 1. The third kappa shape index (κ3) is 5.09. The molecule has 0 bridgehead atoms. The van der Waals surface area contributed by atoms with E-state index in [0.717, 1.165) is 30.5 Å². The summed E-state index contributed by atoms with van der Waals surface area (Å²) in [6.45, 7) is 6.85. The molecule has 1 amide bonds. The molecule has 1 aliphatic carbocycles. The normalized spacial score (nSPS) is 15.3. The molecule has 1 unspecified atom stereocenters. The van der Waals surface area contributed by atoms with E-state index in [4.69, 9.17) is 9.47 Å². The molecule has 2 aromatic rings. The van der Waals surface area contributed by atoms with Crippen molar-refractivity contribution in [2.75, 3.05) is 30.4 Å². The molecule has 1 aromatic carbocycles. The second-order valence-corrected chi connectivity index (χ2v) is 8.21. The van der Waals surface area contributed by atoms with Crippen molar-refractivity contribution < 1.29 is 19.1 Å². The summed E-state index contributed by atoms with van der Waals surface area (Å²) in [5.74, 6) is 0.713. The van der Waals surface area contributed by atoms with Gasteiger partial charge in [-0.2, -0.15) is 0 Å². The van der Waals surface area contributed by atoms with E-state index < -0.39 is 0 Å². The molecule has 3 rings (SSSR count). The lowest BCUT2D eigenvalue weighted by molar-refractivity contribution is -0.114. The van der Waals surface area contributed by atoms with Crippen LogP contribution >= 0.6 is 11.3 Å². The van der Waals surface area contributed by atoms with Crippen molar-refractivity contribution >= 4 is 33.9 Å². The molecule has 0 radical (unpaired) electrons. The van der Waals surface area contributed by atoms with Crippen molar-refractivity contribution in [3.8, 4) is 5.75 Å². The number of para-hydroxylation sites is 2. The summed E-state index contributed by atoms with van der Waals surface area (Å²) in [6, 6.07) is 7.50. The fourth-order valence-corrected chi connectivity index (χ4v) is 4.91. The van der Waals surface area contributed by atoms with E-state index in [1.807, 2.05) is 31.2 Å². The Morgan fingerprint density at radius 2 is 2.00 bits per heavy atom. The van der Waals surface area contributed by atoms with Gasteiger partial charge in [0.15, 0.2) is 0 Å². The van der Waals surface area contributed by atoms with Gasteiger partial charge in [0.1, 0.15) is 10.8 Å². The highest BCUT2D eigenvalue weighted by Gasteiger charge is 2.29. The maximum absolute atomic E-state index is 12.6. The minimum Gasteiger partial charge on any atom is -0.492 e. The quantitative estimate of drug-likeness (QED) is 0.620. The summed E-state index contributed by atoms with van der Waals surface area (Å²) >= 11 is 1.50. The zero-order valence-electron chi connectivity index (χ0n) is 17.2. The Labute approximate surface area is 175 Å². The second kappa shape index (κ2) is 9.78. The van der Waals surface area contributed by atoms with Crippen LogP contribution in [0.15, 0.2) is 24.3 Å². The fourth-order valence-electron chi connectivity index (χ4n) is 3.50. The van der Waals surface area contributed by atoms with Crippen LogP contribution in [-0.4, -0.2) is 31.6 Å². The van der Waals surface area contributed by atoms with Gasteiger partial charge in [0.25, 0.3) is 0 Å².